The van der Waals surface area contributed by atoms with E-state index in [1.807, 2.05) is 26.2 Å². The van der Waals surface area contributed by atoms with Crippen molar-refractivity contribution >= 4 is 36.6 Å². The van der Waals surface area contributed by atoms with Crippen molar-refractivity contribution in [2.75, 3.05) is 26.4 Å². The molecule has 6 heteroatoms. The topological polar surface area (TPSA) is 42.4 Å². The lowest BCUT2D eigenvalue weighted by molar-refractivity contribution is 0.344. The third kappa shape index (κ3) is 7.41. The first-order valence-electron chi connectivity index (χ1n) is 4.72. The predicted molar refractivity (Wildman–Crippen MR) is 75.8 cm³/mol. The molecule has 0 radical (unpaired) electrons. The van der Waals surface area contributed by atoms with Gasteiger partial charge in [0.25, 0.3) is 0 Å². The standard InChI is InChI=1S/C10H18N2OS.2ClH/c1-12(2)7-9-3-4-10(13-9)8-14-6-5-11;;/h3-4H,5-8,11H2,1-2H3;2*1H. The van der Waals surface area contributed by atoms with E-state index >= 15 is 0 Å². The van der Waals surface area contributed by atoms with Gasteiger partial charge in [0, 0.05) is 12.3 Å². The Morgan fingerprint density at radius 1 is 1.25 bits per heavy atom. The summed E-state index contributed by atoms with van der Waals surface area (Å²) in [4.78, 5) is 2.09. The van der Waals surface area contributed by atoms with Crippen LogP contribution in [0.5, 0.6) is 0 Å². The van der Waals surface area contributed by atoms with Gasteiger partial charge in [0.05, 0.1) is 12.3 Å². The van der Waals surface area contributed by atoms with Crippen LogP contribution in [0.4, 0.5) is 0 Å². The summed E-state index contributed by atoms with van der Waals surface area (Å²) < 4.78 is 5.64. The molecule has 1 aromatic heterocycles. The monoisotopic (exact) mass is 286 g/mol. The normalized spacial score (nSPS) is 9.75. The van der Waals surface area contributed by atoms with E-state index in [1.165, 1.54) is 0 Å². The zero-order valence-electron chi connectivity index (χ0n) is 9.64. The highest BCUT2D eigenvalue weighted by Gasteiger charge is 2.02. The van der Waals surface area contributed by atoms with Gasteiger partial charge in [-0.15, -0.1) is 24.8 Å². The summed E-state index contributed by atoms with van der Waals surface area (Å²) >= 11 is 1.81. The van der Waals surface area contributed by atoms with Gasteiger partial charge in [-0.1, -0.05) is 0 Å². The van der Waals surface area contributed by atoms with E-state index in [9.17, 15) is 0 Å². The number of hydrogen-bond donors (Lipinski definition) is 1. The van der Waals surface area contributed by atoms with Crippen LogP contribution in [-0.2, 0) is 12.3 Å². The number of furan rings is 1. The van der Waals surface area contributed by atoms with Gasteiger partial charge < -0.3 is 15.1 Å². The molecule has 1 rings (SSSR count). The summed E-state index contributed by atoms with van der Waals surface area (Å²) in [5.74, 6) is 3.98. The van der Waals surface area contributed by atoms with Crippen molar-refractivity contribution in [3.8, 4) is 0 Å². The number of rotatable bonds is 6. The fourth-order valence-electron chi connectivity index (χ4n) is 1.15. The molecule has 0 aliphatic heterocycles. The van der Waals surface area contributed by atoms with Crippen LogP contribution in [0.2, 0.25) is 0 Å². The lowest BCUT2D eigenvalue weighted by Crippen LogP contribution is -2.09. The second kappa shape index (κ2) is 10.3. The van der Waals surface area contributed by atoms with Crippen LogP contribution in [0, 0.1) is 0 Å². The lowest BCUT2D eigenvalue weighted by atomic mass is 10.4. The largest absolute Gasteiger partial charge is 0.464 e. The molecule has 0 saturated heterocycles. The fourth-order valence-corrected chi connectivity index (χ4v) is 1.82. The minimum absolute atomic E-state index is 0. The first-order valence-corrected chi connectivity index (χ1v) is 5.88. The van der Waals surface area contributed by atoms with Gasteiger partial charge in [0.2, 0.25) is 0 Å². The zero-order chi connectivity index (χ0) is 10.4. The van der Waals surface area contributed by atoms with Crippen molar-refractivity contribution in [2.45, 2.75) is 12.3 Å². The smallest absolute Gasteiger partial charge is 0.118 e. The Bertz CT molecular complexity index is 269. The van der Waals surface area contributed by atoms with Gasteiger partial charge in [-0.2, -0.15) is 11.8 Å². The molecule has 96 valence electrons. The Kier molecular flexibility index (Phi) is 11.9. The summed E-state index contributed by atoms with van der Waals surface area (Å²) in [5.41, 5.74) is 5.41. The second-order valence-corrected chi connectivity index (χ2v) is 4.55. The van der Waals surface area contributed by atoms with Gasteiger partial charge >= 0.3 is 0 Å². The number of thioether (sulfide) groups is 1. The maximum atomic E-state index is 5.64. The first-order chi connectivity index (χ1) is 6.72. The molecule has 0 atom stereocenters. The summed E-state index contributed by atoms with van der Waals surface area (Å²) in [6, 6.07) is 4.08. The first kappa shape index (κ1) is 18.5. The highest BCUT2D eigenvalue weighted by atomic mass is 35.5. The minimum atomic E-state index is 0. The molecule has 0 saturated carbocycles. The molecular weight excluding hydrogens is 267 g/mol. The van der Waals surface area contributed by atoms with Crippen molar-refractivity contribution in [3.63, 3.8) is 0 Å². The van der Waals surface area contributed by atoms with Gasteiger partial charge in [-0.25, -0.2) is 0 Å². The molecule has 0 spiro atoms. The fraction of sp³-hybridized carbons (Fsp3) is 0.600. The van der Waals surface area contributed by atoms with E-state index in [0.717, 1.165) is 36.1 Å². The van der Waals surface area contributed by atoms with Crippen LogP contribution >= 0.6 is 36.6 Å². The second-order valence-electron chi connectivity index (χ2n) is 3.45. The molecule has 0 aliphatic rings. The maximum Gasteiger partial charge on any atom is 0.118 e. The Balaban J connectivity index is 0. The SMILES string of the molecule is CN(C)Cc1ccc(CSCCN)o1.Cl.Cl. The number of hydrogen-bond acceptors (Lipinski definition) is 4. The Hall–Kier alpha value is 0.130. The number of nitrogens with two attached hydrogens (primary N) is 1. The summed E-state index contributed by atoms with van der Waals surface area (Å²) in [5, 5.41) is 0. The molecule has 1 heterocycles. The molecule has 16 heavy (non-hydrogen) atoms. The Morgan fingerprint density at radius 2 is 1.88 bits per heavy atom. The predicted octanol–water partition coefficient (Wildman–Crippen LogP) is 2.38. The van der Waals surface area contributed by atoms with Crippen molar-refractivity contribution in [1.82, 2.24) is 4.90 Å². The van der Waals surface area contributed by atoms with Crippen molar-refractivity contribution in [3.05, 3.63) is 23.7 Å². The Labute approximate surface area is 114 Å². The van der Waals surface area contributed by atoms with Gasteiger partial charge in [0.1, 0.15) is 11.5 Å². The molecule has 0 fully saturated rings. The van der Waals surface area contributed by atoms with Gasteiger partial charge in [-0.05, 0) is 26.2 Å². The van der Waals surface area contributed by atoms with E-state index in [4.69, 9.17) is 10.2 Å². The van der Waals surface area contributed by atoms with E-state index in [0.29, 0.717) is 0 Å². The van der Waals surface area contributed by atoms with E-state index in [-0.39, 0.29) is 24.8 Å². The van der Waals surface area contributed by atoms with Gasteiger partial charge in [0.15, 0.2) is 0 Å². The molecule has 0 aromatic carbocycles. The molecule has 0 aliphatic carbocycles. The summed E-state index contributed by atoms with van der Waals surface area (Å²) in [6.07, 6.45) is 0. The van der Waals surface area contributed by atoms with Crippen LogP contribution in [0.25, 0.3) is 0 Å². The van der Waals surface area contributed by atoms with Crippen molar-refractivity contribution in [2.24, 2.45) is 5.73 Å². The average molecular weight is 287 g/mol. The third-order valence-electron chi connectivity index (χ3n) is 1.70. The van der Waals surface area contributed by atoms with Crippen LogP contribution in [0.15, 0.2) is 16.5 Å². The number of halogens is 2. The van der Waals surface area contributed by atoms with Crippen LogP contribution in [-0.4, -0.2) is 31.3 Å². The molecule has 0 unspecified atom stereocenters. The molecule has 3 nitrogen and oxygen atoms in total. The van der Waals surface area contributed by atoms with E-state index < -0.39 is 0 Å². The zero-order valence-corrected chi connectivity index (χ0v) is 12.1. The molecule has 0 amide bonds. The molecular formula is C10H20Cl2N2OS. The molecule has 1 aromatic rings. The molecule has 0 bridgehead atoms. The van der Waals surface area contributed by atoms with Crippen molar-refractivity contribution in [1.29, 1.82) is 0 Å². The van der Waals surface area contributed by atoms with Gasteiger partial charge in [-0.3, -0.25) is 0 Å². The number of nitrogens with zero attached hydrogens (tertiary/aromatic N) is 1. The van der Waals surface area contributed by atoms with E-state index in [2.05, 4.69) is 4.90 Å². The highest BCUT2D eigenvalue weighted by molar-refractivity contribution is 7.98. The minimum Gasteiger partial charge on any atom is -0.464 e. The quantitative estimate of drug-likeness (QED) is 0.816. The highest BCUT2D eigenvalue weighted by Crippen LogP contribution is 2.15. The van der Waals surface area contributed by atoms with Crippen LogP contribution in [0.1, 0.15) is 11.5 Å². The maximum absolute atomic E-state index is 5.64. The third-order valence-corrected chi connectivity index (χ3v) is 2.71. The average Bonchev–Trinajstić information content (AvgIpc) is 2.52. The summed E-state index contributed by atoms with van der Waals surface area (Å²) in [7, 11) is 4.07. The van der Waals surface area contributed by atoms with E-state index in [1.54, 1.807) is 11.8 Å². The summed E-state index contributed by atoms with van der Waals surface area (Å²) in [6.45, 7) is 1.59. The lowest BCUT2D eigenvalue weighted by Gasteiger charge is -2.05. The van der Waals surface area contributed by atoms with Crippen LogP contribution < -0.4 is 5.73 Å². The molecule has 2 N–H and O–H groups in total. The Morgan fingerprint density at radius 3 is 2.44 bits per heavy atom. The van der Waals surface area contributed by atoms with Crippen molar-refractivity contribution < 1.29 is 4.42 Å². The van der Waals surface area contributed by atoms with Crippen LogP contribution in [0.3, 0.4) is 0 Å².